The molecule has 3 rings (SSSR count). The van der Waals surface area contributed by atoms with Crippen LogP contribution in [0.25, 0.3) is 11.4 Å². The number of aromatic nitrogens is 3. The minimum Gasteiger partial charge on any atom is -0.487 e. The van der Waals surface area contributed by atoms with Crippen molar-refractivity contribution in [3.8, 4) is 17.1 Å². The molecule has 0 saturated carbocycles. The Morgan fingerprint density at radius 3 is 2.57 bits per heavy atom. The molecule has 0 bridgehead atoms. The molecule has 0 amide bonds. The second-order valence-corrected chi connectivity index (χ2v) is 8.10. The zero-order valence-electron chi connectivity index (χ0n) is 17.8. The summed E-state index contributed by atoms with van der Waals surface area (Å²) in [4.78, 5) is 2.42. The van der Waals surface area contributed by atoms with Gasteiger partial charge in [-0.3, -0.25) is 5.10 Å². The Hall–Kier alpha value is -2.15. The van der Waals surface area contributed by atoms with Gasteiger partial charge in [-0.25, -0.2) is 0 Å². The van der Waals surface area contributed by atoms with Crippen LogP contribution in [0.15, 0.2) is 42.5 Å². The predicted molar refractivity (Wildman–Crippen MR) is 126 cm³/mol. The molecule has 0 aliphatic carbocycles. The summed E-state index contributed by atoms with van der Waals surface area (Å²) in [6, 6.07) is 14.0. The Morgan fingerprint density at radius 1 is 1.13 bits per heavy atom. The van der Waals surface area contributed by atoms with Crippen molar-refractivity contribution in [2.45, 2.75) is 40.3 Å². The fourth-order valence-electron chi connectivity index (χ4n) is 3.37. The van der Waals surface area contributed by atoms with E-state index in [4.69, 9.17) is 28.6 Å². The van der Waals surface area contributed by atoms with Gasteiger partial charge in [0, 0.05) is 12.1 Å². The van der Waals surface area contributed by atoms with Crippen molar-refractivity contribution in [2.24, 2.45) is 0 Å². The number of benzene rings is 2. The van der Waals surface area contributed by atoms with Gasteiger partial charge in [0.25, 0.3) is 0 Å². The summed E-state index contributed by atoms with van der Waals surface area (Å²) in [7, 11) is 0. The predicted octanol–water partition coefficient (Wildman–Crippen LogP) is 5.88. The van der Waals surface area contributed by atoms with Gasteiger partial charge in [0.1, 0.15) is 12.4 Å². The standard InChI is InChI=1S/C23H29ClN4OS/c1-4-27(5-2)13-6-14-28-22(25-26-23(28)30)19-10-8-18(9-11-19)16-29-21-15-17(3)7-12-20(21)24/h7-12,15H,4-6,13-14,16H2,1-3H3,(H,26,30). The van der Waals surface area contributed by atoms with Crippen LogP contribution in [0.4, 0.5) is 0 Å². The highest BCUT2D eigenvalue weighted by Gasteiger charge is 2.10. The third-order valence-corrected chi connectivity index (χ3v) is 5.83. The summed E-state index contributed by atoms with van der Waals surface area (Å²) < 4.78 is 8.63. The normalized spacial score (nSPS) is 11.2. The highest BCUT2D eigenvalue weighted by Crippen LogP contribution is 2.26. The second-order valence-electron chi connectivity index (χ2n) is 7.30. The number of aryl methyl sites for hydroxylation is 1. The zero-order valence-corrected chi connectivity index (χ0v) is 19.4. The number of halogens is 1. The summed E-state index contributed by atoms with van der Waals surface area (Å²) in [6.07, 6.45) is 1.03. The molecule has 7 heteroatoms. The Labute approximate surface area is 188 Å². The summed E-state index contributed by atoms with van der Waals surface area (Å²) >= 11 is 11.7. The summed E-state index contributed by atoms with van der Waals surface area (Å²) in [6.45, 7) is 10.9. The molecule has 0 aliphatic rings. The number of H-pyrrole nitrogens is 1. The average Bonchev–Trinajstić information content (AvgIpc) is 3.12. The summed E-state index contributed by atoms with van der Waals surface area (Å²) in [5.74, 6) is 1.57. The fourth-order valence-corrected chi connectivity index (χ4v) is 3.77. The maximum Gasteiger partial charge on any atom is 0.195 e. The number of rotatable bonds is 10. The van der Waals surface area contributed by atoms with Crippen molar-refractivity contribution < 1.29 is 4.74 Å². The van der Waals surface area contributed by atoms with Crippen LogP contribution < -0.4 is 4.74 Å². The van der Waals surface area contributed by atoms with Gasteiger partial charge in [-0.05, 0) is 68.5 Å². The zero-order chi connectivity index (χ0) is 21.5. The van der Waals surface area contributed by atoms with E-state index in [2.05, 4.69) is 57.8 Å². The number of nitrogens with one attached hydrogen (secondary N) is 1. The minimum atomic E-state index is 0.459. The molecule has 5 nitrogen and oxygen atoms in total. The molecule has 0 saturated heterocycles. The van der Waals surface area contributed by atoms with Gasteiger partial charge < -0.3 is 14.2 Å². The van der Waals surface area contributed by atoms with Crippen molar-refractivity contribution >= 4 is 23.8 Å². The maximum absolute atomic E-state index is 6.21. The number of hydrogen-bond acceptors (Lipinski definition) is 4. The van der Waals surface area contributed by atoms with Crippen LogP contribution in [0.5, 0.6) is 5.75 Å². The topological polar surface area (TPSA) is 46.1 Å². The van der Waals surface area contributed by atoms with Gasteiger partial charge in [-0.1, -0.05) is 55.8 Å². The molecule has 2 aromatic carbocycles. The van der Waals surface area contributed by atoms with Crippen molar-refractivity contribution in [2.75, 3.05) is 19.6 Å². The molecule has 0 atom stereocenters. The van der Waals surface area contributed by atoms with Crippen LogP contribution in [-0.4, -0.2) is 39.3 Å². The SMILES string of the molecule is CCN(CC)CCCn1c(-c2ccc(COc3cc(C)ccc3Cl)cc2)n[nH]c1=S. The van der Waals surface area contributed by atoms with E-state index in [0.29, 0.717) is 22.2 Å². The number of ether oxygens (including phenoxy) is 1. The number of nitrogens with zero attached hydrogens (tertiary/aromatic N) is 3. The minimum absolute atomic E-state index is 0.459. The van der Waals surface area contributed by atoms with Crippen LogP contribution in [-0.2, 0) is 13.2 Å². The number of aromatic amines is 1. The molecule has 1 N–H and O–H groups in total. The second kappa shape index (κ2) is 10.8. The molecule has 1 aromatic heterocycles. The molecule has 160 valence electrons. The molecule has 0 aliphatic heterocycles. The highest BCUT2D eigenvalue weighted by molar-refractivity contribution is 7.71. The lowest BCUT2D eigenvalue weighted by atomic mass is 10.1. The quantitative estimate of drug-likeness (QED) is 0.396. The molecule has 30 heavy (non-hydrogen) atoms. The van der Waals surface area contributed by atoms with E-state index in [-0.39, 0.29) is 0 Å². The van der Waals surface area contributed by atoms with E-state index in [9.17, 15) is 0 Å². The van der Waals surface area contributed by atoms with Gasteiger partial charge in [0.2, 0.25) is 0 Å². The fraction of sp³-hybridized carbons (Fsp3) is 0.391. The Morgan fingerprint density at radius 2 is 1.87 bits per heavy atom. The molecular formula is C23H29ClN4OS. The van der Waals surface area contributed by atoms with Crippen LogP contribution in [0.3, 0.4) is 0 Å². The Kier molecular flexibility index (Phi) is 8.08. The highest BCUT2D eigenvalue weighted by atomic mass is 35.5. The third kappa shape index (κ3) is 5.72. The van der Waals surface area contributed by atoms with E-state index in [1.54, 1.807) is 0 Å². The first-order valence-electron chi connectivity index (χ1n) is 10.4. The summed E-state index contributed by atoms with van der Waals surface area (Å²) in [5.41, 5.74) is 3.22. The van der Waals surface area contributed by atoms with E-state index >= 15 is 0 Å². The van der Waals surface area contributed by atoms with Crippen molar-refractivity contribution in [3.05, 3.63) is 63.4 Å². The first kappa shape index (κ1) is 22.5. The average molecular weight is 445 g/mol. The third-order valence-electron chi connectivity index (χ3n) is 5.20. The Balaban J connectivity index is 1.66. The monoisotopic (exact) mass is 444 g/mol. The van der Waals surface area contributed by atoms with Crippen LogP contribution in [0.1, 0.15) is 31.4 Å². The van der Waals surface area contributed by atoms with Crippen molar-refractivity contribution in [1.82, 2.24) is 19.7 Å². The van der Waals surface area contributed by atoms with E-state index in [1.165, 1.54) is 0 Å². The van der Waals surface area contributed by atoms with Crippen LogP contribution in [0, 0.1) is 11.7 Å². The first-order valence-corrected chi connectivity index (χ1v) is 11.2. The molecule has 0 fully saturated rings. The van der Waals surface area contributed by atoms with E-state index in [1.807, 2.05) is 25.1 Å². The van der Waals surface area contributed by atoms with Crippen LogP contribution in [0.2, 0.25) is 5.02 Å². The van der Waals surface area contributed by atoms with Gasteiger partial charge in [0.05, 0.1) is 5.02 Å². The van der Waals surface area contributed by atoms with Gasteiger partial charge in [0.15, 0.2) is 10.6 Å². The number of hydrogen-bond donors (Lipinski definition) is 1. The van der Waals surface area contributed by atoms with Gasteiger partial charge >= 0.3 is 0 Å². The maximum atomic E-state index is 6.21. The first-order chi connectivity index (χ1) is 14.5. The van der Waals surface area contributed by atoms with E-state index in [0.717, 1.165) is 55.1 Å². The smallest absolute Gasteiger partial charge is 0.195 e. The summed E-state index contributed by atoms with van der Waals surface area (Å²) in [5, 5.41) is 8.01. The largest absolute Gasteiger partial charge is 0.487 e. The Bertz CT molecular complexity index is 1010. The molecule has 0 radical (unpaired) electrons. The van der Waals surface area contributed by atoms with E-state index < -0.39 is 0 Å². The van der Waals surface area contributed by atoms with Crippen LogP contribution >= 0.6 is 23.8 Å². The molecule has 1 heterocycles. The molecule has 3 aromatic rings. The molecule has 0 unspecified atom stereocenters. The van der Waals surface area contributed by atoms with Gasteiger partial charge in [-0.2, -0.15) is 5.10 Å². The molecule has 0 spiro atoms. The lowest BCUT2D eigenvalue weighted by molar-refractivity contribution is 0.293. The lowest BCUT2D eigenvalue weighted by Gasteiger charge is -2.18. The molecular weight excluding hydrogens is 416 g/mol. The van der Waals surface area contributed by atoms with Crippen molar-refractivity contribution in [1.29, 1.82) is 0 Å². The van der Waals surface area contributed by atoms with Crippen molar-refractivity contribution in [3.63, 3.8) is 0 Å². The lowest BCUT2D eigenvalue weighted by Crippen LogP contribution is -2.24. The van der Waals surface area contributed by atoms with Gasteiger partial charge in [-0.15, -0.1) is 0 Å².